The molecule has 0 saturated carbocycles. The molecule has 3 heteroatoms. The van der Waals surface area contributed by atoms with Gasteiger partial charge in [0.2, 0.25) is 0 Å². The summed E-state index contributed by atoms with van der Waals surface area (Å²) in [5.74, 6) is 0. The molecule has 0 aliphatic heterocycles. The van der Waals surface area contributed by atoms with Crippen molar-refractivity contribution >= 4 is 8.56 Å². The van der Waals surface area contributed by atoms with Gasteiger partial charge in [-0.1, -0.05) is 52.4 Å². The van der Waals surface area contributed by atoms with Crippen molar-refractivity contribution in [2.24, 2.45) is 0 Å². The Morgan fingerprint density at radius 1 is 0.889 bits per heavy atom. The first-order valence-corrected chi connectivity index (χ1v) is 10.6. The Kier molecular flexibility index (Phi) is 11.1. The van der Waals surface area contributed by atoms with Gasteiger partial charge in [0.1, 0.15) is 0 Å². The normalized spacial score (nSPS) is 13.8. The molecule has 0 spiro atoms. The summed E-state index contributed by atoms with van der Waals surface area (Å²) in [6.07, 6.45) is 10.7. The van der Waals surface area contributed by atoms with Gasteiger partial charge in [0.15, 0.2) is 0 Å². The Morgan fingerprint density at radius 3 is 2.11 bits per heavy atom. The van der Waals surface area contributed by atoms with Gasteiger partial charge in [0, 0.05) is 12.7 Å². The average molecular weight is 275 g/mol. The largest absolute Gasteiger partial charge is 0.395 e. The van der Waals surface area contributed by atoms with Crippen molar-refractivity contribution in [3.05, 3.63) is 0 Å². The molecular formula is C15H34O2Si. The van der Waals surface area contributed by atoms with Gasteiger partial charge in [-0.3, -0.25) is 0 Å². The van der Waals surface area contributed by atoms with Gasteiger partial charge < -0.3 is 8.85 Å². The molecule has 2 nitrogen and oxygen atoms in total. The molecule has 0 rings (SSSR count). The number of rotatable bonds is 12. The van der Waals surface area contributed by atoms with Crippen LogP contribution >= 0.6 is 0 Å². The van der Waals surface area contributed by atoms with E-state index in [0.717, 1.165) is 13.0 Å². The molecule has 0 aliphatic carbocycles. The molecule has 0 saturated heterocycles. The van der Waals surface area contributed by atoms with Crippen molar-refractivity contribution in [2.75, 3.05) is 6.61 Å². The van der Waals surface area contributed by atoms with Gasteiger partial charge in [-0.2, -0.15) is 0 Å². The molecule has 1 unspecified atom stereocenters. The molecule has 18 heavy (non-hydrogen) atoms. The molecule has 0 aliphatic rings. The molecule has 0 N–H and O–H groups in total. The van der Waals surface area contributed by atoms with Gasteiger partial charge in [-0.05, 0) is 32.9 Å². The van der Waals surface area contributed by atoms with E-state index in [1.54, 1.807) is 0 Å². The molecule has 0 fully saturated rings. The lowest BCUT2D eigenvalue weighted by Gasteiger charge is -2.26. The van der Waals surface area contributed by atoms with Crippen LogP contribution in [0.2, 0.25) is 13.1 Å². The third-order valence-corrected chi connectivity index (χ3v) is 4.97. The fraction of sp³-hybridized carbons (Fsp3) is 1.00. The van der Waals surface area contributed by atoms with Crippen LogP contribution in [0, 0.1) is 0 Å². The maximum atomic E-state index is 6.08. The van der Waals surface area contributed by atoms with Gasteiger partial charge in [-0.15, -0.1) is 0 Å². The van der Waals surface area contributed by atoms with E-state index in [9.17, 15) is 0 Å². The fourth-order valence-electron chi connectivity index (χ4n) is 2.14. The zero-order valence-electron chi connectivity index (χ0n) is 13.3. The highest BCUT2D eigenvalue weighted by Crippen LogP contribution is 2.15. The minimum atomic E-state index is -1.87. The Morgan fingerprint density at radius 2 is 1.50 bits per heavy atom. The van der Waals surface area contributed by atoms with E-state index in [1.165, 1.54) is 44.9 Å². The van der Waals surface area contributed by atoms with E-state index in [2.05, 4.69) is 33.9 Å². The maximum Gasteiger partial charge on any atom is 0.331 e. The van der Waals surface area contributed by atoms with Crippen LogP contribution in [0.4, 0.5) is 0 Å². The predicted molar refractivity (Wildman–Crippen MR) is 82.3 cm³/mol. The van der Waals surface area contributed by atoms with Crippen molar-refractivity contribution in [3.8, 4) is 0 Å². The van der Waals surface area contributed by atoms with E-state index in [1.807, 2.05) is 0 Å². The first-order chi connectivity index (χ1) is 8.52. The van der Waals surface area contributed by atoms with Crippen LogP contribution in [-0.4, -0.2) is 21.3 Å². The molecule has 0 aromatic carbocycles. The Bertz CT molecular complexity index is 183. The SMILES string of the molecule is CCCCCCCCC(C)O[Si](C)(C)OCCC. The third-order valence-electron chi connectivity index (χ3n) is 3.10. The zero-order valence-corrected chi connectivity index (χ0v) is 14.3. The average Bonchev–Trinajstić information content (AvgIpc) is 2.30. The standard InChI is InChI=1S/C15H34O2Si/c1-6-8-9-10-11-12-13-15(3)17-18(4,5)16-14-7-2/h15H,6-14H2,1-5H3. The lowest BCUT2D eigenvalue weighted by molar-refractivity contribution is 0.123. The van der Waals surface area contributed by atoms with Crippen molar-refractivity contribution in [3.63, 3.8) is 0 Å². The number of unbranched alkanes of at least 4 members (excludes halogenated alkanes) is 5. The molecule has 0 aromatic heterocycles. The van der Waals surface area contributed by atoms with Crippen LogP contribution in [-0.2, 0) is 8.85 Å². The molecule has 0 radical (unpaired) electrons. The molecule has 0 aromatic rings. The Balaban J connectivity index is 3.54. The topological polar surface area (TPSA) is 18.5 Å². The van der Waals surface area contributed by atoms with E-state index < -0.39 is 8.56 Å². The maximum absolute atomic E-state index is 6.08. The zero-order chi connectivity index (χ0) is 13.9. The summed E-state index contributed by atoms with van der Waals surface area (Å²) in [4.78, 5) is 0. The Hall–Kier alpha value is 0.137. The molecular weight excluding hydrogens is 240 g/mol. The highest BCUT2D eigenvalue weighted by atomic mass is 28.4. The lowest BCUT2D eigenvalue weighted by Crippen LogP contribution is -2.38. The predicted octanol–water partition coefficient (Wildman–Crippen LogP) is 5.27. The van der Waals surface area contributed by atoms with Crippen molar-refractivity contribution in [2.45, 2.75) is 91.3 Å². The summed E-state index contributed by atoms with van der Waals surface area (Å²) in [5, 5.41) is 0. The van der Waals surface area contributed by atoms with Crippen LogP contribution < -0.4 is 0 Å². The van der Waals surface area contributed by atoms with E-state index in [-0.39, 0.29) is 0 Å². The fourth-order valence-corrected chi connectivity index (χ4v) is 3.99. The summed E-state index contributed by atoms with van der Waals surface area (Å²) in [5.41, 5.74) is 0. The molecule has 0 amide bonds. The highest BCUT2D eigenvalue weighted by Gasteiger charge is 2.26. The van der Waals surface area contributed by atoms with E-state index in [4.69, 9.17) is 8.85 Å². The van der Waals surface area contributed by atoms with Crippen LogP contribution in [0.5, 0.6) is 0 Å². The van der Waals surface area contributed by atoms with Crippen LogP contribution in [0.1, 0.15) is 72.1 Å². The second-order valence-corrected chi connectivity index (χ2v) is 9.06. The first kappa shape index (κ1) is 18.1. The summed E-state index contributed by atoms with van der Waals surface area (Å²) in [6, 6.07) is 0. The van der Waals surface area contributed by atoms with Gasteiger partial charge >= 0.3 is 8.56 Å². The minimum Gasteiger partial charge on any atom is -0.395 e. The summed E-state index contributed by atoms with van der Waals surface area (Å²) >= 11 is 0. The Labute approximate surface area is 116 Å². The second-order valence-electron chi connectivity index (χ2n) is 5.73. The smallest absolute Gasteiger partial charge is 0.331 e. The minimum absolute atomic E-state index is 0.356. The third kappa shape index (κ3) is 11.2. The van der Waals surface area contributed by atoms with Crippen LogP contribution in [0.25, 0.3) is 0 Å². The van der Waals surface area contributed by atoms with Gasteiger partial charge in [0.25, 0.3) is 0 Å². The second kappa shape index (κ2) is 11.0. The van der Waals surface area contributed by atoms with Gasteiger partial charge in [0.05, 0.1) is 0 Å². The van der Waals surface area contributed by atoms with E-state index in [0.29, 0.717) is 6.10 Å². The monoisotopic (exact) mass is 274 g/mol. The summed E-state index contributed by atoms with van der Waals surface area (Å²) in [6.45, 7) is 11.7. The van der Waals surface area contributed by atoms with Crippen molar-refractivity contribution in [1.29, 1.82) is 0 Å². The van der Waals surface area contributed by atoms with Crippen LogP contribution in [0.3, 0.4) is 0 Å². The first-order valence-electron chi connectivity index (χ1n) is 7.83. The molecule has 0 heterocycles. The van der Waals surface area contributed by atoms with Crippen LogP contribution in [0.15, 0.2) is 0 Å². The molecule has 110 valence electrons. The summed E-state index contributed by atoms with van der Waals surface area (Å²) in [7, 11) is -1.87. The lowest BCUT2D eigenvalue weighted by atomic mass is 10.1. The van der Waals surface area contributed by atoms with Crippen molar-refractivity contribution in [1.82, 2.24) is 0 Å². The molecule has 0 bridgehead atoms. The number of hydrogen-bond donors (Lipinski definition) is 0. The molecule has 1 atom stereocenters. The van der Waals surface area contributed by atoms with Crippen molar-refractivity contribution < 1.29 is 8.85 Å². The summed E-state index contributed by atoms with van der Waals surface area (Å²) < 4.78 is 11.9. The van der Waals surface area contributed by atoms with E-state index >= 15 is 0 Å². The van der Waals surface area contributed by atoms with Gasteiger partial charge in [-0.25, -0.2) is 0 Å². The highest BCUT2D eigenvalue weighted by molar-refractivity contribution is 6.64. The quantitative estimate of drug-likeness (QED) is 0.356. The number of hydrogen-bond acceptors (Lipinski definition) is 2.